The Labute approximate surface area is 188 Å². The van der Waals surface area contributed by atoms with Crippen molar-refractivity contribution >= 4 is 15.9 Å². The minimum atomic E-state index is -3.52. The summed E-state index contributed by atoms with van der Waals surface area (Å²) in [6.07, 6.45) is 3.90. The molecule has 4 rings (SSSR count). The monoisotopic (exact) mass is 463 g/mol. The molecular formula is C21H29N5O5S. The molecule has 11 heteroatoms. The molecule has 0 atom stereocenters. The molecule has 32 heavy (non-hydrogen) atoms. The van der Waals surface area contributed by atoms with E-state index >= 15 is 0 Å². The maximum Gasteiger partial charge on any atom is 0.316 e. The van der Waals surface area contributed by atoms with Gasteiger partial charge in [0, 0.05) is 44.8 Å². The summed E-state index contributed by atoms with van der Waals surface area (Å²) in [5.74, 6) is -0.317. The highest BCUT2D eigenvalue weighted by atomic mass is 32.2. The van der Waals surface area contributed by atoms with Gasteiger partial charge >= 0.3 is 11.8 Å². The molecule has 10 nitrogen and oxygen atoms in total. The standard InChI is InChI=1S/C21H29N5O5S/c27-20(22-9-12-25-13-15-30-16-14-25)21-23-19(24-31-21)17-5-7-18(8-6-17)32(28,29)26-10-3-1-2-4-11-26/h5-8H,1-4,9-16H2,(H,22,27). The first-order valence-corrected chi connectivity index (χ1v) is 12.5. The van der Waals surface area contributed by atoms with Crippen LogP contribution < -0.4 is 5.32 Å². The summed E-state index contributed by atoms with van der Waals surface area (Å²) in [6, 6.07) is 6.37. The van der Waals surface area contributed by atoms with Gasteiger partial charge in [0.05, 0.1) is 18.1 Å². The van der Waals surface area contributed by atoms with Crippen molar-refractivity contribution in [2.24, 2.45) is 0 Å². The number of nitrogens with one attached hydrogen (secondary N) is 1. The molecule has 0 unspecified atom stereocenters. The number of carbonyl (C=O) groups excluding carboxylic acids is 1. The van der Waals surface area contributed by atoms with Crippen molar-refractivity contribution in [1.29, 1.82) is 0 Å². The number of sulfonamides is 1. The first-order chi connectivity index (χ1) is 15.5. The molecule has 1 aromatic heterocycles. The zero-order chi connectivity index (χ0) is 22.4. The summed E-state index contributed by atoms with van der Waals surface area (Å²) in [5.41, 5.74) is 0.580. The molecule has 0 radical (unpaired) electrons. The zero-order valence-corrected chi connectivity index (χ0v) is 18.8. The van der Waals surface area contributed by atoms with Gasteiger partial charge in [0.15, 0.2) is 0 Å². The van der Waals surface area contributed by atoms with Crippen molar-refractivity contribution in [2.75, 3.05) is 52.5 Å². The fourth-order valence-electron chi connectivity index (χ4n) is 3.87. The molecule has 1 N–H and O–H groups in total. The number of ether oxygens (including phenoxy) is 1. The second-order valence-corrected chi connectivity index (χ2v) is 9.91. The van der Waals surface area contributed by atoms with E-state index in [2.05, 4.69) is 20.4 Å². The predicted octanol–water partition coefficient (Wildman–Crippen LogP) is 1.36. The number of morpholine rings is 1. The zero-order valence-electron chi connectivity index (χ0n) is 18.0. The molecule has 0 saturated carbocycles. The predicted molar refractivity (Wildman–Crippen MR) is 117 cm³/mol. The van der Waals surface area contributed by atoms with Gasteiger partial charge in [-0.1, -0.05) is 18.0 Å². The number of benzene rings is 1. The number of aromatic nitrogens is 2. The second kappa shape index (κ2) is 10.5. The van der Waals surface area contributed by atoms with E-state index < -0.39 is 15.9 Å². The quantitative estimate of drug-likeness (QED) is 0.654. The molecule has 2 aliphatic rings. The van der Waals surface area contributed by atoms with Crippen LogP contribution in [0.1, 0.15) is 36.4 Å². The molecule has 0 aliphatic carbocycles. The number of hydrogen-bond donors (Lipinski definition) is 1. The van der Waals surface area contributed by atoms with Gasteiger partial charge in [0.2, 0.25) is 15.8 Å². The number of carbonyl (C=O) groups is 1. The van der Waals surface area contributed by atoms with Gasteiger partial charge in [-0.3, -0.25) is 9.69 Å². The summed E-state index contributed by atoms with van der Waals surface area (Å²) < 4.78 is 37.8. The fourth-order valence-corrected chi connectivity index (χ4v) is 5.39. The van der Waals surface area contributed by atoms with Gasteiger partial charge < -0.3 is 14.6 Å². The minimum Gasteiger partial charge on any atom is -0.379 e. The van der Waals surface area contributed by atoms with Crippen LogP contribution in [0.3, 0.4) is 0 Å². The largest absolute Gasteiger partial charge is 0.379 e. The summed E-state index contributed by atoms with van der Waals surface area (Å²) in [5, 5.41) is 6.64. The Morgan fingerprint density at radius 3 is 2.38 bits per heavy atom. The second-order valence-electron chi connectivity index (χ2n) is 7.98. The molecule has 2 fully saturated rings. The van der Waals surface area contributed by atoms with E-state index in [9.17, 15) is 13.2 Å². The maximum absolute atomic E-state index is 12.9. The van der Waals surface area contributed by atoms with Crippen LogP contribution in [0.5, 0.6) is 0 Å². The topological polar surface area (TPSA) is 118 Å². The van der Waals surface area contributed by atoms with Crippen molar-refractivity contribution in [3.05, 3.63) is 30.2 Å². The van der Waals surface area contributed by atoms with E-state index in [1.54, 1.807) is 28.6 Å². The van der Waals surface area contributed by atoms with Crippen LogP contribution >= 0.6 is 0 Å². The lowest BCUT2D eigenvalue weighted by Crippen LogP contribution is -2.41. The van der Waals surface area contributed by atoms with Crippen molar-refractivity contribution in [3.63, 3.8) is 0 Å². The molecule has 2 aliphatic heterocycles. The number of rotatable bonds is 7. The Balaban J connectivity index is 1.35. The van der Waals surface area contributed by atoms with Crippen LogP contribution in [0.15, 0.2) is 33.7 Å². The van der Waals surface area contributed by atoms with E-state index in [0.29, 0.717) is 38.4 Å². The lowest BCUT2D eigenvalue weighted by Gasteiger charge is -2.26. The molecule has 1 amide bonds. The molecule has 1 aromatic carbocycles. The lowest BCUT2D eigenvalue weighted by molar-refractivity contribution is 0.0382. The third kappa shape index (κ3) is 5.52. The Morgan fingerprint density at radius 2 is 1.69 bits per heavy atom. The van der Waals surface area contributed by atoms with Gasteiger partial charge in [-0.05, 0) is 37.1 Å². The highest BCUT2D eigenvalue weighted by molar-refractivity contribution is 7.89. The fraction of sp³-hybridized carbons (Fsp3) is 0.571. The smallest absolute Gasteiger partial charge is 0.316 e. The highest BCUT2D eigenvalue weighted by Gasteiger charge is 2.25. The van der Waals surface area contributed by atoms with Gasteiger partial charge in [-0.15, -0.1) is 0 Å². The Hall–Kier alpha value is -2.34. The average Bonchev–Trinajstić information content (AvgIpc) is 3.14. The molecule has 2 saturated heterocycles. The van der Waals surface area contributed by atoms with Crippen LogP contribution in [0, 0.1) is 0 Å². The normalized spacial score (nSPS) is 18.9. The number of hydrogen-bond acceptors (Lipinski definition) is 8. The summed E-state index contributed by atoms with van der Waals surface area (Å²) in [4.78, 5) is 18.9. The van der Waals surface area contributed by atoms with E-state index in [4.69, 9.17) is 9.26 Å². The van der Waals surface area contributed by atoms with E-state index in [0.717, 1.165) is 45.3 Å². The average molecular weight is 464 g/mol. The lowest BCUT2D eigenvalue weighted by atomic mass is 10.2. The van der Waals surface area contributed by atoms with Crippen LogP contribution in [-0.4, -0.2) is 86.2 Å². The summed E-state index contributed by atoms with van der Waals surface area (Å²) in [6.45, 7) is 5.42. The number of nitrogens with zero attached hydrogens (tertiary/aromatic N) is 4. The first kappa shape index (κ1) is 22.8. The third-order valence-corrected chi connectivity index (χ3v) is 7.67. The van der Waals surface area contributed by atoms with Crippen LogP contribution in [0.4, 0.5) is 0 Å². The molecular weight excluding hydrogens is 434 g/mol. The number of amides is 1. The van der Waals surface area contributed by atoms with Crippen molar-refractivity contribution in [3.8, 4) is 11.4 Å². The summed E-state index contributed by atoms with van der Waals surface area (Å²) in [7, 11) is -3.52. The minimum absolute atomic E-state index is 0.122. The van der Waals surface area contributed by atoms with Crippen LogP contribution in [-0.2, 0) is 14.8 Å². The van der Waals surface area contributed by atoms with Crippen molar-refractivity contribution in [2.45, 2.75) is 30.6 Å². The first-order valence-electron chi connectivity index (χ1n) is 11.1. The Kier molecular flexibility index (Phi) is 7.51. The third-order valence-electron chi connectivity index (χ3n) is 5.75. The van der Waals surface area contributed by atoms with Gasteiger partial charge in [-0.2, -0.15) is 9.29 Å². The highest BCUT2D eigenvalue weighted by Crippen LogP contribution is 2.23. The van der Waals surface area contributed by atoms with Crippen molar-refractivity contribution in [1.82, 2.24) is 24.7 Å². The van der Waals surface area contributed by atoms with Gasteiger partial charge in [-0.25, -0.2) is 8.42 Å². The van der Waals surface area contributed by atoms with Crippen molar-refractivity contribution < 1.29 is 22.5 Å². The van der Waals surface area contributed by atoms with E-state index in [1.807, 2.05) is 0 Å². The van der Waals surface area contributed by atoms with Crippen LogP contribution in [0.25, 0.3) is 11.4 Å². The SMILES string of the molecule is O=C(NCCN1CCOCC1)c1nc(-c2ccc(S(=O)(=O)N3CCCCCC3)cc2)no1. The van der Waals surface area contributed by atoms with Crippen LogP contribution in [0.2, 0.25) is 0 Å². The molecule has 174 valence electrons. The van der Waals surface area contributed by atoms with Gasteiger partial charge in [0.1, 0.15) is 0 Å². The Morgan fingerprint density at radius 1 is 1.00 bits per heavy atom. The molecule has 3 heterocycles. The van der Waals surface area contributed by atoms with Gasteiger partial charge in [0.25, 0.3) is 0 Å². The Bertz CT molecular complexity index is 994. The molecule has 0 bridgehead atoms. The maximum atomic E-state index is 12.9. The van der Waals surface area contributed by atoms with E-state index in [1.165, 1.54) is 0 Å². The molecule has 0 spiro atoms. The van der Waals surface area contributed by atoms with E-state index in [-0.39, 0.29) is 16.6 Å². The molecule has 2 aromatic rings. The summed E-state index contributed by atoms with van der Waals surface area (Å²) >= 11 is 0.